The van der Waals surface area contributed by atoms with Crippen molar-refractivity contribution in [1.29, 1.82) is 0 Å². The summed E-state index contributed by atoms with van der Waals surface area (Å²) in [7, 11) is 0. The molecule has 5 nitrogen and oxygen atoms in total. The van der Waals surface area contributed by atoms with E-state index in [4.69, 9.17) is 19.4 Å². The number of furan rings is 1. The topological polar surface area (TPSA) is 56.7 Å². The second-order valence-corrected chi connectivity index (χ2v) is 13.9. The van der Waals surface area contributed by atoms with Crippen LogP contribution in [0.2, 0.25) is 0 Å². The van der Waals surface area contributed by atoms with E-state index in [9.17, 15) is 0 Å². The summed E-state index contributed by atoms with van der Waals surface area (Å²) in [5.74, 6) is 1.93. The normalized spacial score (nSPS) is 11.9. The fraction of sp³-hybridized carbons (Fsp3) is 0. The minimum atomic E-state index is 0.641. The van der Waals surface area contributed by atoms with Crippen molar-refractivity contribution in [2.24, 2.45) is 0 Å². The second-order valence-electron chi connectivity index (χ2n) is 12.8. The van der Waals surface area contributed by atoms with Gasteiger partial charge in [-0.2, -0.15) is 0 Å². The fourth-order valence-electron chi connectivity index (χ4n) is 7.54. The van der Waals surface area contributed by atoms with E-state index in [0.29, 0.717) is 17.5 Å². The van der Waals surface area contributed by atoms with Gasteiger partial charge in [0.1, 0.15) is 11.2 Å². The first-order valence-corrected chi connectivity index (χ1v) is 17.8. The van der Waals surface area contributed by atoms with Crippen LogP contribution >= 0.6 is 11.3 Å². The van der Waals surface area contributed by atoms with Crippen molar-refractivity contribution in [3.63, 3.8) is 0 Å². The monoisotopic (exact) mass is 670 g/mol. The third kappa shape index (κ3) is 4.37. The highest BCUT2D eigenvalue weighted by Gasteiger charge is 2.21. The molecule has 0 bridgehead atoms. The van der Waals surface area contributed by atoms with E-state index >= 15 is 0 Å². The van der Waals surface area contributed by atoms with E-state index in [1.54, 1.807) is 11.3 Å². The summed E-state index contributed by atoms with van der Waals surface area (Å²) >= 11 is 1.80. The smallest absolute Gasteiger partial charge is 0.164 e. The average Bonchev–Trinajstić information content (AvgIpc) is 3.86. The Labute approximate surface area is 295 Å². The van der Waals surface area contributed by atoms with Gasteiger partial charge in [0.05, 0.1) is 11.0 Å². The summed E-state index contributed by atoms with van der Waals surface area (Å²) in [6.07, 6.45) is 0. The predicted molar refractivity (Wildman–Crippen MR) is 211 cm³/mol. The lowest BCUT2D eigenvalue weighted by Crippen LogP contribution is -2.01. The molecule has 0 atom stereocenters. The van der Waals surface area contributed by atoms with E-state index in [0.717, 1.165) is 66.1 Å². The molecule has 0 aliphatic carbocycles. The molecule has 0 saturated heterocycles. The molecule has 7 aromatic carbocycles. The molecule has 6 heteroatoms. The molecule has 0 saturated carbocycles. The first-order valence-electron chi connectivity index (χ1n) is 16.9. The number of para-hydroxylation sites is 2. The van der Waals surface area contributed by atoms with E-state index in [2.05, 4.69) is 114 Å². The van der Waals surface area contributed by atoms with Crippen molar-refractivity contribution in [3.05, 3.63) is 158 Å². The Morgan fingerprint density at radius 3 is 1.82 bits per heavy atom. The SMILES string of the molecule is c1ccc(-c2nc(-c3ccccc3)nc(-c3cc(-n4c5ccccc5c5cc6oc7ccccc7c6cc54)cc4sc5ccccc5c34)n2)cc1. The first-order chi connectivity index (χ1) is 25.3. The zero-order valence-corrected chi connectivity index (χ0v) is 27.9. The summed E-state index contributed by atoms with van der Waals surface area (Å²) in [6, 6.07) is 54.9. The highest BCUT2D eigenvalue weighted by atomic mass is 32.1. The molecule has 0 spiro atoms. The van der Waals surface area contributed by atoms with Crippen LogP contribution < -0.4 is 0 Å². The van der Waals surface area contributed by atoms with Crippen molar-refractivity contribution in [3.8, 4) is 39.9 Å². The molecule has 0 radical (unpaired) electrons. The van der Waals surface area contributed by atoms with Gasteiger partial charge in [-0.25, -0.2) is 15.0 Å². The third-order valence-electron chi connectivity index (χ3n) is 9.83. The quantitative estimate of drug-likeness (QED) is 0.187. The zero-order chi connectivity index (χ0) is 33.5. The molecule has 4 aromatic heterocycles. The van der Waals surface area contributed by atoms with E-state index < -0.39 is 0 Å². The Bertz CT molecular complexity index is 3080. The lowest BCUT2D eigenvalue weighted by Gasteiger charge is -2.13. The molecular formula is C45H26N4OS. The van der Waals surface area contributed by atoms with Crippen LogP contribution in [0.5, 0.6) is 0 Å². The van der Waals surface area contributed by atoms with Crippen LogP contribution in [0.15, 0.2) is 162 Å². The van der Waals surface area contributed by atoms with Gasteiger partial charge in [-0.3, -0.25) is 0 Å². The predicted octanol–water partition coefficient (Wildman–Crippen LogP) is 12.2. The van der Waals surface area contributed by atoms with Gasteiger partial charge in [-0.1, -0.05) is 115 Å². The van der Waals surface area contributed by atoms with Gasteiger partial charge in [0.2, 0.25) is 0 Å². The van der Waals surface area contributed by atoms with Crippen molar-refractivity contribution < 1.29 is 4.42 Å². The molecule has 11 rings (SSSR count). The molecular weight excluding hydrogens is 645 g/mol. The second kappa shape index (κ2) is 10.9. The number of nitrogens with zero attached hydrogens (tertiary/aromatic N) is 4. The number of benzene rings is 7. The fourth-order valence-corrected chi connectivity index (χ4v) is 8.70. The van der Waals surface area contributed by atoms with Gasteiger partial charge in [0.25, 0.3) is 0 Å². The highest BCUT2D eigenvalue weighted by molar-refractivity contribution is 7.26. The van der Waals surface area contributed by atoms with Crippen LogP contribution in [0.1, 0.15) is 0 Å². The molecule has 0 fully saturated rings. The number of hydrogen-bond acceptors (Lipinski definition) is 5. The van der Waals surface area contributed by atoms with Gasteiger partial charge < -0.3 is 8.98 Å². The molecule has 11 aromatic rings. The van der Waals surface area contributed by atoms with Crippen LogP contribution in [0.3, 0.4) is 0 Å². The zero-order valence-electron chi connectivity index (χ0n) is 27.1. The minimum Gasteiger partial charge on any atom is -0.456 e. The molecule has 238 valence electrons. The lowest BCUT2D eigenvalue weighted by atomic mass is 10.0. The molecule has 0 amide bonds. The minimum absolute atomic E-state index is 0.641. The lowest BCUT2D eigenvalue weighted by molar-refractivity contribution is 0.669. The van der Waals surface area contributed by atoms with Crippen LogP contribution in [-0.4, -0.2) is 19.5 Å². The van der Waals surface area contributed by atoms with Gasteiger partial charge in [0.15, 0.2) is 17.5 Å². The Morgan fingerprint density at radius 2 is 1.06 bits per heavy atom. The Hall–Kier alpha value is -6.63. The van der Waals surface area contributed by atoms with E-state index in [-0.39, 0.29) is 0 Å². The average molecular weight is 671 g/mol. The number of aromatic nitrogens is 4. The van der Waals surface area contributed by atoms with Crippen LogP contribution in [-0.2, 0) is 0 Å². The van der Waals surface area contributed by atoms with Gasteiger partial charge >= 0.3 is 0 Å². The van der Waals surface area contributed by atoms with Crippen molar-refractivity contribution >= 4 is 75.3 Å². The summed E-state index contributed by atoms with van der Waals surface area (Å²) in [5.41, 5.74) is 7.93. The summed E-state index contributed by atoms with van der Waals surface area (Å²) in [4.78, 5) is 15.4. The number of hydrogen-bond donors (Lipinski definition) is 0. The summed E-state index contributed by atoms with van der Waals surface area (Å²) in [5, 5.41) is 6.86. The Balaban J connectivity index is 1.25. The molecule has 0 N–H and O–H groups in total. The van der Waals surface area contributed by atoms with Crippen LogP contribution in [0.25, 0.3) is 104 Å². The molecule has 0 aliphatic heterocycles. The number of rotatable bonds is 4. The van der Waals surface area contributed by atoms with Crippen LogP contribution in [0.4, 0.5) is 0 Å². The van der Waals surface area contributed by atoms with Crippen molar-refractivity contribution in [2.75, 3.05) is 0 Å². The summed E-state index contributed by atoms with van der Waals surface area (Å²) in [6.45, 7) is 0. The van der Waals surface area contributed by atoms with E-state index in [1.807, 2.05) is 48.5 Å². The van der Waals surface area contributed by atoms with Gasteiger partial charge in [-0.05, 0) is 42.5 Å². The summed E-state index contributed by atoms with van der Waals surface area (Å²) < 4.78 is 11.1. The largest absolute Gasteiger partial charge is 0.456 e. The van der Waals surface area contributed by atoms with Crippen molar-refractivity contribution in [1.82, 2.24) is 19.5 Å². The standard InChI is InChI=1S/C45H26N4OS/c1-3-13-27(14-4-1)43-46-44(28-15-5-2-6-16-28)48-45(47-43)35-23-29(24-41-42(35)32-19-9-12-22-40(32)51-41)49-36-20-10-7-17-30(36)33-26-39-34(25-37(33)49)31-18-8-11-21-38(31)50-39/h1-26H. The molecule has 0 unspecified atom stereocenters. The Kier molecular flexibility index (Phi) is 6.05. The molecule has 51 heavy (non-hydrogen) atoms. The molecule has 0 aliphatic rings. The maximum Gasteiger partial charge on any atom is 0.164 e. The van der Waals surface area contributed by atoms with Gasteiger partial charge in [0, 0.05) is 64.1 Å². The van der Waals surface area contributed by atoms with Crippen LogP contribution in [0, 0.1) is 0 Å². The maximum atomic E-state index is 6.36. The van der Waals surface area contributed by atoms with Crippen molar-refractivity contribution in [2.45, 2.75) is 0 Å². The molecule has 4 heterocycles. The Morgan fingerprint density at radius 1 is 0.431 bits per heavy atom. The van der Waals surface area contributed by atoms with Gasteiger partial charge in [-0.15, -0.1) is 11.3 Å². The number of fused-ring (bicyclic) bond motifs is 9. The third-order valence-corrected chi connectivity index (χ3v) is 11.0. The first kappa shape index (κ1) is 28.2. The number of thiophene rings is 1. The maximum absolute atomic E-state index is 6.36. The van der Waals surface area contributed by atoms with E-state index in [1.165, 1.54) is 20.2 Å². The highest BCUT2D eigenvalue weighted by Crippen LogP contribution is 2.44.